The molecule has 0 aliphatic carbocycles. The van der Waals surface area contributed by atoms with E-state index in [2.05, 4.69) is 10.3 Å². The molecule has 0 unspecified atom stereocenters. The molecule has 0 fully saturated rings. The van der Waals surface area contributed by atoms with E-state index in [4.69, 9.17) is 23.2 Å². The van der Waals surface area contributed by atoms with Crippen LogP contribution in [0.25, 0.3) is 10.9 Å². The highest BCUT2D eigenvalue weighted by molar-refractivity contribution is 6.36. The number of carbonyl (C=O) groups is 1. The SMILES string of the molecule is CC[C@H](c1nc2ccccc2c(=O)n1C)N(C)C(=O)Nc1ccc(Cl)cc1Cl. The van der Waals surface area contributed by atoms with Crippen LogP contribution in [0.2, 0.25) is 10.0 Å². The van der Waals surface area contributed by atoms with Gasteiger partial charge in [-0.3, -0.25) is 9.36 Å². The van der Waals surface area contributed by atoms with Gasteiger partial charge >= 0.3 is 6.03 Å². The fourth-order valence-electron chi connectivity index (χ4n) is 3.10. The molecule has 1 N–H and O–H groups in total. The van der Waals surface area contributed by atoms with E-state index in [9.17, 15) is 9.59 Å². The number of hydrogen-bond acceptors (Lipinski definition) is 3. The van der Waals surface area contributed by atoms with Gasteiger partial charge < -0.3 is 10.2 Å². The van der Waals surface area contributed by atoms with Gasteiger partial charge in [0.05, 0.1) is 27.7 Å². The first-order valence-electron chi connectivity index (χ1n) is 8.78. The molecule has 0 radical (unpaired) electrons. The van der Waals surface area contributed by atoms with Gasteiger partial charge in [-0.2, -0.15) is 0 Å². The van der Waals surface area contributed by atoms with Gasteiger partial charge in [0, 0.05) is 19.1 Å². The van der Waals surface area contributed by atoms with Crippen molar-refractivity contribution in [3.05, 3.63) is 68.7 Å². The quantitative estimate of drug-likeness (QED) is 0.657. The highest BCUT2D eigenvalue weighted by Crippen LogP contribution is 2.27. The van der Waals surface area contributed by atoms with Crippen molar-refractivity contribution < 1.29 is 4.79 Å². The second kappa shape index (κ2) is 8.20. The van der Waals surface area contributed by atoms with Gasteiger partial charge in [-0.05, 0) is 36.8 Å². The molecule has 3 aromatic rings. The van der Waals surface area contributed by atoms with E-state index in [0.29, 0.717) is 38.9 Å². The highest BCUT2D eigenvalue weighted by atomic mass is 35.5. The molecule has 0 saturated carbocycles. The van der Waals surface area contributed by atoms with E-state index in [1.54, 1.807) is 50.5 Å². The standard InChI is InChI=1S/C20H20Cl2N4O2/c1-4-17(18-23-15-8-6-5-7-13(15)19(27)26(18)3)25(2)20(28)24-16-10-9-12(21)11-14(16)22/h5-11,17H,4H2,1-3H3,(H,24,28)/t17-/m1/s1. The Kier molecular flexibility index (Phi) is 5.91. The molecular formula is C20H20Cl2N4O2. The fourth-order valence-corrected chi connectivity index (χ4v) is 3.55. The minimum atomic E-state index is -0.395. The number of urea groups is 1. The van der Waals surface area contributed by atoms with Crippen molar-refractivity contribution in [1.29, 1.82) is 0 Å². The van der Waals surface area contributed by atoms with Crippen molar-refractivity contribution >= 4 is 45.8 Å². The van der Waals surface area contributed by atoms with Crippen molar-refractivity contribution in [2.75, 3.05) is 12.4 Å². The number of rotatable bonds is 4. The maximum absolute atomic E-state index is 12.8. The number of nitrogens with zero attached hydrogens (tertiary/aromatic N) is 3. The van der Waals surface area contributed by atoms with Crippen LogP contribution in [-0.2, 0) is 7.05 Å². The summed E-state index contributed by atoms with van der Waals surface area (Å²) in [6.07, 6.45) is 0.580. The molecule has 1 atom stereocenters. The topological polar surface area (TPSA) is 67.2 Å². The fraction of sp³-hybridized carbons (Fsp3) is 0.250. The zero-order chi connectivity index (χ0) is 20.4. The van der Waals surface area contributed by atoms with Gasteiger partial charge in [0.2, 0.25) is 0 Å². The van der Waals surface area contributed by atoms with Gasteiger partial charge in [0.15, 0.2) is 0 Å². The molecule has 0 aliphatic heterocycles. The van der Waals surface area contributed by atoms with Gasteiger partial charge in [-0.15, -0.1) is 0 Å². The lowest BCUT2D eigenvalue weighted by Crippen LogP contribution is -2.38. The lowest BCUT2D eigenvalue weighted by molar-refractivity contribution is 0.198. The van der Waals surface area contributed by atoms with E-state index in [1.165, 1.54) is 9.47 Å². The third-order valence-electron chi connectivity index (χ3n) is 4.66. The lowest BCUT2D eigenvalue weighted by atomic mass is 10.1. The minimum Gasteiger partial charge on any atom is -0.317 e. The van der Waals surface area contributed by atoms with Crippen LogP contribution in [-0.4, -0.2) is 27.5 Å². The molecule has 146 valence electrons. The third kappa shape index (κ3) is 3.84. The summed E-state index contributed by atoms with van der Waals surface area (Å²) in [6.45, 7) is 1.94. The maximum Gasteiger partial charge on any atom is 0.322 e. The Morgan fingerprint density at radius 3 is 2.64 bits per heavy atom. The average Bonchev–Trinajstić information content (AvgIpc) is 2.68. The molecule has 6 nitrogen and oxygen atoms in total. The molecule has 28 heavy (non-hydrogen) atoms. The summed E-state index contributed by atoms with van der Waals surface area (Å²) in [5, 5.41) is 4.15. The molecule has 0 aliphatic rings. The van der Waals surface area contributed by atoms with Crippen LogP contribution >= 0.6 is 23.2 Å². The molecule has 3 rings (SSSR count). The highest BCUT2D eigenvalue weighted by Gasteiger charge is 2.25. The summed E-state index contributed by atoms with van der Waals surface area (Å²) in [7, 11) is 3.33. The molecule has 0 spiro atoms. The van der Waals surface area contributed by atoms with Gasteiger partial charge in [-0.25, -0.2) is 9.78 Å². The van der Waals surface area contributed by atoms with E-state index < -0.39 is 6.04 Å². The van der Waals surface area contributed by atoms with Crippen LogP contribution in [0, 0.1) is 0 Å². The van der Waals surface area contributed by atoms with E-state index >= 15 is 0 Å². The number of halogens is 2. The molecule has 2 aromatic carbocycles. The van der Waals surface area contributed by atoms with Crippen LogP contribution in [0.5, 0.6) is 0 Å². The first-order chi connectivity index (χ1) is 13.3. The number of carbonyl (C=O) groups excluding carboxylic acids is 1. The molecule has 0 bridgehead atoms. The Balaban J connectivity index is 1.94. The van der Waals surface area contributed by atoms with Crippen LogP contribution in [0.3, 0.4) is 0 Å². The van der Waals surface area contributed by atoms with Gasteiger partial charge in [-0.1, -0.05) is 42.3 Å². The van der Waals surface area contributed by atoms with Crippen LogP contribution in [0.4, 0.5) is 10.5 Å². The van der Waals surface area contributed by atoms with Gasteiger partial charge in [0.25, 0.3) is 5.56 Å². The number of hydrogen-bond donors (Lipinski definition) is 1. The van der Waals surface area contributed by atoms with Crippen molar-refractivity contribution in [3.8, 4) is 0 Å². The number of benzene rings is 2. The Hall–Kier alpha value is -2.57. The second-order valence-electron chi connectivity index (χ2n) is 6.44. The summed E-state index contributed by atoms with van der Waals surface area (Å²) < 4.78 is 1.50. The largest absolute Gasteiger partial charge is 0.322 e. The zero-order valence-corrected chi connectivity index (χ0v) is 17.3. The number of aromatic nitrogens is 2. The number of amides is 2. The molecule has 1 aromatic heterocycles. The summed E-state index contributed by atoms with van der Waals surface area (Å²) in [5.41, 5.74) is 0.917. The maximum atomic E-state index is 12.8. The van der Waals surface area contributed by atoms with E-state index in [1.807, 2.05) is 13.0 Å². The number of nitrogens with one attached hydrogen (secondary N) is 1. The summed E-state index contributed by atoms with van der Waals surface area (Å²) >= 11 is 12.0. The molecule has 2 amide bonds. The van der Waals surface area contributed by atoms with Crippen LogP contribution in [0.15, 0.2) is 47.3 Å². The Labute approximate surface area is 172 Å². The third-order valence-corrected chi connectivity index (χ3v) is 5.21. The monoisotopic (exact) mass is 418 g/mol. The summed E-state index contributed by atoms with van der Waals surface area (Å²) in [6, 6.07) is 11.3. The molecule has 1 heterocycles. The summed E-state index contributed by atoms with van der Waals surface area (Å²) in [5.74, 6) is 0.519. The minimum absolute atomic E-state index is 0.145. The Morgan fingerprint density at radius 2 is 1.96 bits per heavy atom. The Bertz CT molecular complexity index is 1100. The normalized spacial score (nSPS) is 12.0. The van der Waals surface area contributed by atoms with E-state index in [-0.39, 0.29) is 11.6 Å². The summed E-state index contributed by atoms with van der Waals surface area (Å²) in [4.78, 5) is 31.7. The number of para-hydroxylation sites is 1. The van der Waals surface area contributed by atoms with Crippen molar-refractivity contribution in [3.63, 3.8) is 0 Å². The second-order valence-corrected chi connectivity index (χ2v) is 7.28. The predicted octanol–water partition coefficient (Wildman–Crippen LogP) is 4.86. The zero-order valence-electron chi connectivity index (χ0n) is 15.7. The van der Waals surface area contributed by atoms with Gasteiger partial charge in [0.1, 0.15) is 5.82 Å². The Morgan fingerprint density at radius 1 is 1.25 bits per heavy atom. The average molecular weight is 419 g/mol. The molecule has 0 saturated heterocycles. The lowest BCUT2D eigenvalue weighted by Gasteiger charge is -2.28. The first-order valence-corrected chi connectivity index (χ1v) is 9.53. The van der Waals surface area contributed by atoms with E-state index in [0.717, 1.165) is 0 Å². The van der Waals surface area contributed by atoms with Crippen molar-refractivity contribution in [2.24, 2.45) is 7.05 Å². The number of fused-ring (bicyclic) bond motifs is 1. The molecular weight excluding hydrogens is 399 g/mol. The van der Waals surface area contributed by atoms with Crippen LogP contribution in [0.1, 0.15) is 25.2 Å². The molecule has 8 heteroatoms. The first kappa shape index (κ1) is 20.2. The van der Waals surface area contributed by atoms with Crippen molar-refractivity contribution in [1.82, 2.24) is 14.5 Å². The van der Waals surface area contributed by atoms with Crippen molar-refractivity contribution in [2.45, 2.75) is 19.4 Å². The number of anilines is 1. The van der Waals surface area contributed by atoms with Crippen LogP contribution < -0.4 is 10.9 Å². The predicted molar refractivity (Wildman–Crippen MR) is 113 cm³/mol. The smallest absolute Gasteiger partial charge is 0.317 e.